The summed E-state index contributed by atoms with van der Waals surface area (Å²) in [7, 11) is 0. The maximum absolute atomic E-state index is 12.4. The summed E-state index contributed by atoms with van der Waals surface area (Å²) in [5, 5.41) is 0. The fraction of sp³-hybridized carbons (Fsp3) is 0.167. The number of halogens is 1. The number of nitrogens with zero attached hydrogens (tertiary/aromatic N) is 1. The number of nitrogen functional groups attached to an aromatic ring is 1. The molecule has 0 spiro atoms. The molecular weight excluding hydrogens is 119 g/mol. The fourth-order valence-electron chi connectivity index (χ4n) is 0.620. The van der Waals surface area contributed by atoms with Gasteiger partial charge in [-0.15, -0.1) is 0 Å². The van der Waals surface area contributed by atoms with Gasteiger partial charge in [-0.1, -0.05) is 0 Å². The second-order valence-electron chi connectivity index (χ2n) is 1.91. The Morgan fingerprint density at radius 3 is 2.78 bits per heavy atom. The molecule has 0 aliphatic heterocycles. The van der Waals surface area contributed by atoms with Crippen LogP contribution in [-0.2, 0) is 0 Å². The molecule has 0 bridgehead atoms. The van der Waals surface area contributed by atoms with Crippen LogP contribution in [0.4, 0.5) is 10.2 Å². The number of nitrogens with two attached hydrogens (primary N) is 1. The van der Waals surface area contributed by atoms with Crippen LogP contribution in [0.1, 0.15) is 5.69 Å². The van der Waals surface area contributed by atoms with Gasteiger partial charge in [0.2, 0.25) is 11.9 Å². The highest BCUT2D eigenvalue weighted by Gasteiger charge is 2.02. The Morgan fingerprint density at radius 1 is 1.67 bits per heavy atom. The van der Waals surface area contributed by atoms with Crippen molar-refractivity contribution < 1.29 is 9.27 Å². The predicted octanol–water partition coefficient (Wildman–Crippen LogP) is 0.597. The summed E-state index contributed by atoms with van der Waals surface area (Å²) in [5.74, 6) is 0. The number of pyridine rings is 1. The summed E-state index contributed by atoms with van der Waals surface area (Å²) < 4.78 is 12.4. The van der Waals surface area contributed by atoms with Crippen molar-refractivity contribution in [3.8, 4) is 0 Å². The average Bonchev–Trinajstić information content (AvgIpc) is 1.80. The lowest BCUT2D eigenvalue weighted by atomic mass is 10.3. The molecule has 0 unspecified atom stereocenters. The standard InChI is InChI=1S/C6H7FN2/c1-5-4-6(8)2-3-9(5)7/h2-4,8H,1H3/p+1. The fourth-order valence-corrected chi connectivity index (χ4v) is 0.620. The van der Waals surface area contributed by atoms with Gasteiger partial charge in [0.1, 0.15) is 0 Å². The molecule has 0 atom stereocenters. The molecule has 3 heteroatoms. The van der Waals surface area contributed by atoms with Crippen LogP contribution >= 0.6 is 0 Å². The van der Waals surface area contributed by atoms with E-state index in [1.54, 1.807) is 13.0 Å². The number of hydrogen-bond donors (Lipinski definition) is 1. The molecule has 0 saturated heterocycles. The molecule has 0 radical (unpaired) electrons. The summed E-state index contributed by atoms with van der Waals surface area (Å²) in [6, 6.07) is 3.08. The van der Waals surface area contributed by atoms with Crippen molar-refractivity contribution >= 4 is 5.69 Å². The SMILES string of the molecule is Cc1cc(N)cc[n+]1F. The molecule has 2 N–H and O–H groups in total. The van der Waals surface area contributed by atoms with Crippen molar-refractivity contribution in [2.45, 2.75) is 6.92 Å². The van der Waals surface area contributed by atoms with Crippen LogP contribution in [0.3, 0.4) is 0 Å². The third-order valence-electron chi connectivity index (χ3n) is 1.11. The molecule has 0 aliphatic carbocycles. The van der Waals surface area contributed by atoms with Crippen molar-refractivity contribution in [3.05, 3.63) is 24.0 Å². The summed E-state index contributed by atoms with van der Waals surface area (Å²) in [6.45, 7) is 1.65. The molecular formula is C6H8FN2+. The molecule has 48 valence electrons. The van der Waals surface area contributed by atoms with Gasteiger partial charge in [-0.05, 0) is 0 Å². The third-order valence-corrected chi connectivity index (χ3v) is 1.11. The van der Waals surface area contributed by atoms with E-state index in [1.165, 1.54) is 12.3 Å². The Labute approximate surface area is 52.7 Å². The Kier molecular flexibility index (Phi) is 1.34. The molecule has 1 aromatic rings. The van der Waals surface area contributed by atoms with Gasteiger partial charge in [0.15, 0.2) is 0 Å². The van der Waals surface area contributed by atoms with E-state index >= 15 is 0 Å². The Balaban J connectivity index is 3.17. The highest BCUT2D eigenvalue weighted by molar-refractivity contribution is 5.34. The first-order valence-electron chi connectivity index (χ1n) is 2.64. The highest BCUT2D eigenvalue weighted by atomic mass is 19.2. The lowest BCUT2D eigenvalue weighted by Gasteiger charge is -1.87. The number of hydrogen-bond acceptors (Lipinski definition) is 1. The Bertz CT molecular complexity index is 222. The molecule has 0 saturated carbocycles. The van der Waals surface area contributed by atoms with Crippen LogP contribution in [0.25, 0.3) is 0 Å². The van der Waals surface area contributed by atoms with Crippen LogP contribution in [0.2, 0.25) is 0 Å². The van der Waals surface area contributed by atoms with Crippen molar-refractivity contribution in [1.29, 1.82) is 0 Å². The van der Waals surface area contributed by atoms with E-state index in [4.69, 9.17) is 5.73 Å². The summed E-state index contributed by atoms with van der Waals surface area (Å²) in [4.78, 5) is 0.524. The van der Waals surface area contributed by atoms with Gasteiger partial charge in [0.05, 0.1) is 4.48 Å². The van der Waals surface area contributed by atoms with E-state index in [9.17, 15) is 4.48 Å². The zero-order chi connectivity index (χ0) is 6.85. The van der Waals surface area contributed by atoms with Gasteiger partial charge in [-0.3, -0.25) is 0 Å². The molecule has 0 aromatic carbocycles. The van der Waals surface area contributed by atoms with Gasteiger partial charge in [-0.2, -0.15) is 0 Å². The third kappa shape index (κ3) is 1.16. The van der Waals surface area contributed by atoms with Crippen LogP contribution in [0.15, 0.2) is 18.3 Å². The Hall–Kier alpha value is -1.12. The summed E-state index contributed by atoms with van der Waals surface area (Å²) in [5.41, 5.74) is 6.44. The number of anilines is 1. The van der Waals surface area contributed by atoms with Gasteiger partial charge in [0, 0.05) is 29.5 Å². The minimum atomic E-state index is 0.509. The zero-order valence-corrected chi connectivity index (χ0v) is 5.13. The van der Waals surface area contributed by atoms with E-state index in [-0.39, 0.29) is 0 Å². The maximum Gasteiger partial charge on any atom is 0.229 e. The molecule has 1 heterocycles. The van der Waals surface area contributed by atoms with Crippen LogP contribution < -0.4 is 10.5 Å². The average molecular weight is 127 g/mol. The van der Waals surface area contributed by atoms with Crippen molar-refractivity contribution in [2.24, 2.45) is 0 Å². The molecule has 0 amide bonds. The molecule has 0 fully saturated rings. The maximum atomic E-state index is 12.4. The van der Waals surface area contributed by atoms with Crippen LogP contribution in [0.5, 0.6) is 0 Å². The zero-order valence-electron chi connectivity index (χ0n) is 5.13. The Morgan fingerprint density at radius 2 is 2.33 bits per heavy atom. The quantitative estimate of drug-likeness (QED) is 0.543. The van der Waals surface area contributed by atoms with Gasteiger partial charge >= 0.3 is 0 Å². The molecule has 2 nitrogen and oxygen atoms in total. The van der Waals surface area contributed by atoms with Crippen molar-refractivity contribution in [3.63, 3.8) is 0 Å². The monoisotopic (exact) mass is 127 g/mol. The second kappa shape index (κ2) is 2.01. The smallest absolute Gasteiger partial charge is 0.229 e. The largest absolute Gasteiger partial charge is 0.398 e. The first kappa shape index (κ1) is 6.01. The summed E-state index contributed by atoms with van der Waals surface area (Å²) >= 11 is 0. The van der Waals surface area contributed by atoms with Crippen LogP contribution in [0, 0.1) is 6.92 Å². The topological polar surface area (TPSA) is 29.9 Å². The normalized spacial score (nSPS) is 9.56. The lowest BCUT2D eigenvalue weighted by Crippen LogP contribution is -2.25. The van der Waals surface area contributed by atoms with Crippen molar-refractivity contribution in [2.75, 3.05) is 5.73 Å². The van der Waals surface area contributed by atoms with E-state index in [0.29, 0.717) is 16.2 Å². The van der Waals surface area contributed by atoms with E-state index in [1.807, 2.05) is 0 Å². The first-order valence-corrected chi connectivity index (χ1v) is 2.64. The van der Waals surface area contributed by atoms with E-state index in [0.717, 1.165) is 0 Å². The van der Waals surface area contributed by atoms with Crippen molar-refractivity contribution in [1.82, 2.24) is 0 Å². The van der Waals surface area contributed by atoms with Gasteiger partial charge in [0.25, 0.3) is 0 Å². The molecule has 0 aliphatic rings. The summed E-state index contributed by atoms with van der Waals surface area (Å²) in [6.07, 6.45) is 1.28. The highest BCUT2D eigenvalue weighted by Crippen LogP contribution is 1.98. The minimum Gasteiger partial charge on any atom is -0.398 e. The van der Waals surface area contributed by atoms with Crippen LogP contribution in [-0.4, -0.2) is 0 Å². The number of rotatable bonds is 0. The van der Waals surface area contributed by atoms with Gasteiger partial charge < -0.3 is 5.73 Å². The number of aromatic nitrogens is 1. The lowest BCUT2D eigenvalue weighted by molar-refractivity contribution is -0.848. The molecule has 9 heavy (non-hydrogen) atoms. The van der Waals surface area contributed by atoms with E-state index in [2.05, 4.69) is 0 Å². The predicted molar refractivity (Wildman–Crippen MR) is 32.3 cm³/mol. The number of aryl methyl sites for hydroxylation is 1. The molecule has 1 aromatic heterocycles. The minimum absolute atomic E-state index is 0.509. The second-order valence-corrected chi connectivity index (χ2v) is 1.91. The van der Waals surface area contributed by atoms with E-state index < -0.39 is 0 Å². The first-order chi connectivity index (χ1) is 4.20. The molecule has 1 rings (SSSR count). The van der Waals surface area contributed by atoms with Gasteiger partial charge in [-0.25, -0.2) is 0 Å².